The molecule has 1 saturated heterocycles. The zero-order valence-corrected chi connectivity index (χ0v) is 12.0. The lowest BCUT2D eigenvalue weighted by molar-refractivity contribution is 0.226. The SMILES string of the molecule is COc1ccccc1C1(CC(C)(C)C)CCCN1. The predicted molar refractivity (Wildman–Crippen MR) is 76.0 cm³/mol. The van der Waals surface area contributed by atoms with Crippen LogP contribution in [0.3, 0.4) is 0 Å². The van der Waals surface area contributed by atoms with Gasteiger partial charge in [0.1, 0.15) is 5.75 Å². The van der Waals surface area contributed by atoms with Crippen molar-refractivity contribution in [2.75, 3.05) is 13.7 Å². The minimum Gasteiger partial charge on any atom is -0.496 e. The van der Waals surface area contributed by atoms with Crippen molar-refractivity contribution < 1.29 is 4.74 Å². The van der Waals surface area contributed by atoms with E-state index in [0.29, 0.717) is 5.41 Å². The normalized spacial score (nSPS) is 24.2. The monoisotopic (exact) mass is 247 g/mol. The summed E-state index contributed by atoms with van der Waals surface area (Å²) in [6, 6.07) is 8.44. The van der Waals surface area contributed by atoms with E-state index in [2.05, 4.69) is 44.3 Å². The first kappa shape index (κ1) is 13.4. The van der Waals surface area contributed by atoms with E-state index < -0.39 is 0 Å². The molecule has 2 rings (SSSR count). The molecule has 1 aliphatic heterocycles. The second kappa shape index (κ2) is 4.93. The van der Waals surface area contributed by atoms with E-state index in [1.807, 2.05) is 6.07 Å². The van der Waals surface area contributed by atoms with Gasteiger partial charge in [0.15, 0.2) is 0 Å². The molecule has 0 aromatic heterocycles. The summed E-state index contributed by atoms with van der Waals surface area (Å²) in [5.74, 6) is 1.01. The molecule has 0 radical (unpaired) electrons. The lowest BCUT2D eigenvalue weighted by Crippen LogP contribution is -2.40. The van der Waals surface area contributed by atoms with Crippen LogP contribution in [0.5, 0.6) is 5.75 Å². The average molecular weight is 247 g/mol. The fourth-order valence-electron chi connectivity index (χ4n) is 3.23. The van der Waals surface area contributed by atoms with Crippen molar-refractivity contribution in [1.29, 1.82) is 0 Å². The molecule has 1 aliphatic rings. The molecule has 1 aromatic rings. The third kappa shape index (κ3) is 2.69. The van der Waals surface area contributed by atoms with E-state index in [9.17, 15) is 0 Å². The average Bonchev–Trinajstić information content (AvgIpc) is 2.76. The zero-order chi connectivity index (χ0) is 13.2. The van der Waals surface area contributed by atoms with E-state index >= 15 is 0 Å². The maximum absolute atomic E-state index is 5.56. The molecule has 0 saturated carbocycles. The van der Waals surface area contributed by atoms with Gasteiger partial charge in [0.2, 0.25) is 0 Å². The van der Waals surface area contributed by atoms with Gasteiger partial charge in [0, 0.05) is 11.1 Å². The number of nitrogens with one attached hydrogen (secondary N) is 1. The van der Waals surface area contributed by atoms with Gasteiger partial charge in [-0.1, -0.05) is 39.0 Å². The molecule has 2 nitrogen and oxygen atoms in total. The van der Waals surface area contributed by atoms with Crippen LogP contribution in [0, 0.1) is 5.41 Å². The lowest BCUT2D eigenvalue weighted by Gasteiger charge is -2.37. The van der Waals surface area contributed by atoms with E-state index in [4.69, 9.17) is 4.74 Å². The topological polar surface area (TPSA) is 21.3 Å². The Bertz CT molecular complexity index is 400. The van der Waals surface area contributed by atoms with Crippen molar-refractivity contribution >= 4 is 0 Å². The minimum atomic E-state index is 0.0881. The van der Waals surface area contributed by atoms with Crippen molar-refractivity contribution in [3.63, 3.8) is 0 Å². The van der Waals surface area contributed by atoms with E-state index in [1.165, 1.54) is 18.4 Å². The highest BCUT2D eigenvalue weighted by Crippen LogP contribution is 2.43. The fraction of sp³-hybridized carbons (Fsp3) is 0.625. The minimum absolute atomic E-state index is 0.0881. The van der Waals surface area contributed by atoms with Crippen molar-refractivity contribution in [1.82, 2.24) is 5.32 Å². The Hall–Kier alpha value is -1.02. The molecule has 2 heteroatoms. The summed E-state index contributed by atoms with van der Waals surface area (Å²) in [4.78, 5) is 0. The van der Waals surface area contributed by atoms with Crippen LogP contribution < -0.4 is 10.1 Å². The fourth-order valence-corrected chi connectivity index (χ4v) is 3.23. The Kier molecular flexibility index (Phi) is 3.67. The number of para-hydroxylation sites is 1. The Labute approximate surface area is 111 Å². The van der Waals surface area contributed by atoms with Crippen LogP contribution in [-0.2, 0) is 5.54 Å². The van der Waals surface area contributed by atoms with E-state index in [1.54, 1.807) is 7.11 Å². The summed E-state index contributed by atoms with van der Waals surface area (Å²) in [6.07, 6.45) is 3.58. The van der Waals surface area contributed by atoms with E-state index in [-0.39, 0.29) is 5.54 Å². The molecule has 1 atom stereocenters. The molecule has 1 aromatic carbocycles. The Morgan fingerprint density at radius 2 is 2.00 bits per heavy atom. The number of hydrogen-bond donors (Lipinski definition) is 1. The van der Waals surface area contributed by atoms with Crippen molar-refractivity contribution in [2.24, 2.45) is 5.41 Å². The molecule has 1 fully saturated rings. The second-order valence-electron chi connectivity index (χ2n) is 6.55. The molecule has 0 bridgehead atoms. The summed E-state index contributed by atoms with van der Waals surface area (Å²) in [7, 11) is 1.76. The highest BCUT2D eigenvalue weighted by Gasteiger charge is 2.40. The van der Waals surface area contributed by atoms with Crippen LogP contribution in [-0.4, -0.2) is 13.7 Å². The van der Waals surface area contributed by atoms with Crippen molar-refractivity contribution in [3.8, 4) is 5.75 Å². The summed E-state index contributed by atoms with van der Waals surface area (Å²) < 4.78 is 5.56. The summed E-state index contributed by atoms with van der Waals surface area (Å²) in [6.45, 7) is 8.03. The van der Waals surface area contributed by atoms with Crippen molar-refractivity contribution in [3.05, 3.63) is 29.8 Å². The Balaban J connectivity index is 2.41. The molecule has 0 aliphatic carbocycles. The Morgan fingerprint density at radius 1 is 1.28 bits per heavy atom. The van der Waals surface area contributed by atoms with Gasteiger partial charge in [0.25, 0.3) is 0 Å². The largest absolute Gasteiger partial charge is 0.496 e. The third-order valence-electron chi connectivity index (χ3n) is 3.70. The maximum Gasteiger partial charge on any atom is 0.123 e. The van der Waals surface area contributed by atoms with Crippen LogP contribution in [0.1, 0.15) is 45.6 Å². The Morgan fingerprint density at radius 3 is 2.56 bits per heavy atom. The molecule has 1 unspecified atom stereocenters. The van der Waals surface area contributed by atoms with Crippen LogP contribution >= 0.6 is 0 Å². The predicted octanol–water partition coefficient (Wildman–Crippen LogP) is 3.71. The highest BCUT2D eigenvalue weighted by atomic mass is 16.5. The molecule has 0 amide bonds. The first-order valence-electron chi connectivity index (χ1n) is 6.85. The standard InChI is InChI=1S/C16H25NO/c1-15(2,3)12-16(10-7-11-17-16)13-8-5-6-9-14(13)18-4/h5-6,8-9,17H,7,10-12H2,1-4H3. The molecule has 1 heterocycles. The summed E-state index contributed by atoms with van der Waals surface area (Å²) in [5.41, 5.74) is 1.71. The number of ether oxygens (including phenoxy) is 1. The number of benzene rings is 1. The number of rotatable bonds is 3. The quantitative estimate of drug-likeness (QED) is 0.879. The van der Waals surface area contributed by atoms with Crippen LogP contribution in [0.15, 0.2) is 24.3 Å². The molecule has 18 heavy (non-hydrogen) atoms. The lowest BCUT2D eigenvalue weighted by atomic mass is 9.74. The molecular formula is C16H25NO. The van der Waals surface area contributed by atoms with Gasteiger partial charge in [-0.15, -0.1) is 0 Å². The van der Waals surface area contributed by atoms with Crippen molar-refractivity contribution in [2.45, 2.75) is 45.6 Å². The number of methoxy groups -OCH3 is 1. The summed E-state index contributed by atoms with van der Waals surface area (Å²) >= 11 is 0. The first-order valence-corrected chi connectivity index (χ1v) is 6.85. The van der Waals surface area contributed by atoms with Gasteiger partial charge in [-0.05, 0) is 37.3 Å². The van der Waals surface area contributed by atoms with Gasteiger partial charge in [0.05, 0.1) is 7.11 Å². The second-order valence-corrected chi connectivity index (χ2v) is 6.55. The van der Waals surface area contributed by atoms with E-state index in [0.717, 1.165) is 18.7 Å². The van der Waals surface area contributed by atoms with Gasteiger partial charge >= 0.3 is 0 Å². The smallest absolute Gasteiger partial charge is 0.123 e. The third-order valence-corrected chi connectivity index (χ3v) is 3.70. The molecule has 0 spiro atoms. The molecule has 1 N–H and O–H groups in total. The van der Waals surface area contributed by atoms with Gasteiger partial charge in [-0.3, -0.25) is 0 Å². The van der Waals surface area contributed by atoms with Crippen LogP contribution in [0.25, 0.3) is 0 Å². The zero-order valence-electron chi connectivity index (χ0n) is 12.0. The maximum atomic E-state index is 5.56. The molecule has 100 valence electrons. The van der Waals surface area contributed by atoms with Crippen LogP contribution in [0.4, 0.5) is 0 Å². The van der Waals surface area contributed by atoms with Crippen LogP contribution in [0.2, 0.25) is 0 Å². The van der Waals surface area contributed by atoms with Gasteiger partial charge in [-0.25, -0.2) is 0 Å². The molecular weight excluding hydrogens is 222 g/mol. The summed E-state index contributed by atoms with van der Waals surface area (Å²) in [5, 5.41) is 3.74. The highest BCUT2D eigenvalue weighted by molar-refractivity contribution is 5.40. The number of hydrogen-bond acceptors (Lipinski definition) is 2. The van der Waals surface area contributed by atoms with Gasteiger partial charge < -0.3 is 10.1 Å². The first-order chi connectivity index (χ1) is 8.47. The van der Waals surface area contributed by atoms with Gasteiger partial charge in [-0.2, -0.15) is 0 Å².